The Balaban J connectivity index is 2.69. The van der Waals surface area contributed by atoms with Gasteiger partial charge < -0.3 is 20.5 Å². The summed E-state index contributed by atoms with van der Waals surface area (Å²) in [6.07, 6.45) is 0. The second-order valence-electron chi connectivity index (χ2n) is 4.44. The summed E-state index contributed by atoms with van der Waals surface area (Å²) in [5.74, 6) is -0.930. The number of carboxylic acid groups (broad SMARTS) is 1. The normalized spacial score (nSPS) is 10.3. The number of nitrogens with two attached hydrogens (primary N) is 1. The Morgan fingerprint density at radius 3 is 2.53 bits per heavy atom. The molecule has 0 aliphatic carbocycles. The number of nitrogens with zero attached hydrogens (tertiary/aromatic N) is 1. The molecule has 104 valence electrons. The molecule has 0 heterocycles. The maximum absolute atomic E-state index is 11.7. The topological polar surface area (TPSA) is 92.9 Å². The van der Waals surface area contributed by atoms with Gasteiger partial charge in [0.1, 0.15) is 5.75 Å². The first-order valence-electron chi connectivity index (χ1n) is 5.84. The molecule has 6 nitrogen and oxygen atoms in total. The van der Waals surface area contributed by atoms with Crippen molar-refractivity contribution in [1.29, 1.82) is 0 Å². The van der Waals surface area contributed by atoms with Crippen LogP contribution in [-0.4, -0.2) is 41.6 Å². The van der Waals surface area contributed by atoms with Gasteiger partial charge in [0.15, 0.2) is 6.61 Å². The summed E-state index contributed by atoms with van der Waals surface area (Å²) in [5, 5.41) is 8.79. The zero-order valence-electron chi connectivity index (χ0n) is 11.2. The van der Waals surface area contributed by atoms with Gasteiger partial charge >= 0.3 is 5.97 Å². The summed E-state index contributed by atoms with van der Waals surface area (Å²) in [4.78, 5) is 24.0. The number of carboxylic acids is 1. The van der Waals surface area contributed by atoms with Crippen LogP contribution >= 0.6 is 0 Å². The van der Waals surface area contributed by atoms with Gasteiger partial charge in [-0.1, -0.05) is 0 Å². The lowest BCUT2D eigenvalue weighted by Crippen LogP contribution is -2.36. The molecule has 0 saturated carbocycles. The van der Waals surface area contributed by atoms with Crippen LogP contribution in [-0.2, 0) is 4.79 Å². The van der Waals surface area contributed by atoms with Crippen molar-refractivity contribution in [2.24, 2.45) is 0 Å². The number of hydrogen-bond acceptors (Lipinski definition) is 4. The van der Waals surface area contributed by atoms with Crippen molar-refractivity contribution in [3.8, 4) is 5.75 Å². The van der Waals surface area contributed by atoms with E-state index < -0.39 is 5.97 Å². The Bertz CT molecular complexity index is 486. The van der Waals surface area contributed by atoms with Crippen molar-refractivity contribution in [3.63, 3.8) is 0 Å². The second kappa shape index (κ2) is 6.08. The lowest BCUT2D eigenvalue weighted by Gasteiger charge is -2.21. The smallest absolute Gasteiger partial charge is 0.335 e. The van der Waals surface area contributed by atoms with Crippen LogP contribution in [0.25, 0.3) is 0 Å². The van der Waals surface area contributed by atoms with E-state index in [1.165, 1.54) is 18.2 Å². The third-order valence-electron chi connectivity index (χ3n) is 2.78. The molecule has 0 aliphatic rings. The molecule has 0 atom stereocenters. The molecule has 0 aliphatic heterocycles. The Morgan fingerprint density at radius 1 is 1.42 bits per heavy atom. The molecular formula is C13H18N2O4. The van der Waals surface area contributed by atoms with Crippen molar-refractivity contribution in [2.75, 3.05) is 19.4 Å². The molecule has 0 unspecified atom stereocenters. The van der Waals surface area contributed by atoms with E-state index in [1.807, 2.05) is 13.8 Å². The van der Waals surface area contributed by atoms with Gasteiger partial charge in [0.25, 0.3) is 5.91 Å². The number of ether oxygens (including phenoxy) is 1. The van der Waals surface area contributed by atoms with E-state index in [0.717, 1.165) is 0 Å². The molecule has 1 aromatic carbocycles. The molecule has 0 fully saturated rings. The zero-order valence-corrected chi connectivity index (χ0v) is 11.2. The summed E-state index contributed by atoms with van der Waals surface area (Å²) >= 11 is 0. The van der Waals surface area contributed by atoms with Crippen molar-refractivity contribution in [2.45, 2.75) is 19.9 Å². The largest absolute Gasteiger partial charge is 0.482 e. The number of amides is 1. The number of nitrogen functional groups attached to an aromatic ring is 1. The molecule has 1 amide bonds. The monoisotopic (exact) mass is 266 g/mol. The van der Waals surface area contributed by atoms with Crippen LogP contribution in [0.3, 0.4) is 0 Å². The highest BCUT2D eigenvalue weighted by Gasteiger charge is 2.13. The number of carbonyl (C=O) groups excluding carboxylic acids is 1. The molecule has 1 rings (SSSR count). The number of rotatable bonds is 5. The number of benzene rings is 1. The SMILES string of the molecule is CC(C)N(C)C(=O)COc1ccc(C(=O)O)cc1N. The van der Waals surface area contributed by atoms with Crippen molar-refractivity contribution < 1.29 is 19.4 Å². The van der Waals surface area contributed by atoms with Crippen LogP contribution in [0.15, 0.2) is 18.2 Å². The minimum atomic E-state index is -1.06. The average molecular weight is 266 g/mol. The fraction of sp³-hybridized carbons (Fsp3) is 0.385. The maximum Gasteiger partial charge on any atom is 0.335 e. The first-order chi connectivity index (χ1) is 8.82. The van der Waals surface area contributed by atoms with Gasteiger partial charge in [-0.25, -0.2) is 4.79 Å². The molecule has 0 aromatic heterocycles. The quantitative estimate of drug-likeness (QED) is 0.781. The van der Waals surface area contributed by atoms with Crippen molar-refractivity contribution >= 4 is 17.6 Å². The van der Waals surface area contributed by atoms with E-state index in [1.54, 1.807) is 11.9 Å². The van der Waals surface area contributed by atoms with Crippen LogP contribution in [0, 0.1) is 0 Å². The van der Waals surface area contributed by atoms with Gasteiger partial charge in [0, 0.05) is 13.1 Å². The van der Waals surface area contributed by atoms with E-state index in [-0.39, 0.29) is 29.8 Å². The number of aromatic carboxylic acids is 1. The number of carbonyl (C=O) groups is 2. The van der Waals surface area contributed by atoms with Gasteiger partial charge in [-0.3, -0.25) is 4.79 Å². The molecule has 0 saturated heterocycles. The number of hydrogen-bond donors (Lipinski definition) is 2. The third kappa shape index (κ3) is 3.87. The first-order valence-corrected chi connectivity index (χ1v) is 5.84. The maximum atomic E-state index is 11.7. The molecule has 0 radical (unpaired) electrons. The minimum absolute atomic E-state index is 0.0791. The Hall–Kier alpha value is -2.24. The predicted octanol–water partition coefficient (Wildman–Crippen LogP) is 1.21. The van der Waals surface area contributed by atoms with Gasteiger partial charge in [-0.15, -0.1) is 0 Å². The second-order valence-corrected chi connectivity index (χ2v) is 4.44. The predicted molar refractivity (Wildman–Crippen MR) is 71.2 cm³/mol. The fourth-order valence-electron chi connectivity index (χ4n) is 1.34. The summed E-state index contributed by atoms with van der Waals surface area (Å²) < 4.78 is 5.30. The molecule has 0 bridgehead atoms. The lowest BCUT2D eigenvalue weighted by molar-refractivity contribution is -0.133. The van der Waals surface area contributed by atoms with Crippen LogP contribution in [0.5, 0.6) is 5.75 Å². The highest BCUT2D eigenvalue weighted by molar-refractivity contribution is 5.89. The molecule has 6 heteroatoms. The van der Waals surface area contributed by atoms with E-state index in [0.29, 0.717) is 5.75 Å². The van der Waals surface area contributed by atoms with Crippen LogP contribution < -0.4 is 10.5 Å². The van der Waals surface area contributed by atoms with Crippen LogP contribution in [0.2, 0.25) is 0 Å². The third-order valence-corrected chi connectivity index (χ3v) is 2.78. The Morgan fingerprint density at radius 2 is 2.05 bits per heavy atom. The highest BCUT2D eigenvalue weighted by atomic mass is 16.5. The fourth-order valence-corrected chi connectivity index (χ4v) is 1.34. The van der Waals surface area contributed by atoms with E-state index in [4.69, 9.17) is 15.6 Å². The molecule has 19 heavy (non-hydrogen) atoms. The Labute approximate surface area is 111 Å². The zero-order chi connectivity index (χ0) is 14.6. The first kappa shape index (κ1) is 14.8. The van der Waals surface area contributed by atoms with E-state index in [9.17, 15) is 9.59 Å². The van der Waals surface area contributed by atoms with E-state index in [2.05, 4.69) is 0 Å². The molecular weight excluding hydrogens is 248 g/mol. The van der Waals surface area contributed by atoms with Crippen LogP contribution in [0.1, 0.15) is 24.2 Å². The average Bonchev–Trinajstić information content (AvgIpc) is 2.35. The standard InChI is InChI=1S/C13H18N2O4/c1-8(2)15(3)12(16)7-19-11-5-4-9(13(17)18)6-10(11)14/h4-6,8H,7,14H2,1-3H3,(H,17,18). The lowest BCUT2D eigenvalue weighted by atomic mass is 10.2. The highest BCUT2D eigenvalue weighted by Crippen LogP contribution is 2.22. The number of likely N-dealkylation sites (N-methyl/N-ethyl adjacent to an activating group) is 1. The summed E-state index contributed by atoms with van der Waals surface area (Å²) in [5.41, 5.74) is 5.94. The van der Waals surface area contributed by atoms with Crippen molar-refractivity contribution in [3.05, 3.63) is 23.8 Å². The minimum Gasteiger partial charge on any atom is -0.482 e. The van der Waals surface area contributed by atoms with Crippen LogP contribution in [0.4, 0.5) is 5.69 Å². The van der Waals surface area contributed by atoms with Crippen molar-refractivity contribution in [1.82, 2.24) is 4.90 Å². The number of anilines is 1. The van der Waals surface area contributed by atoms with Gasteiger partial charge in [0.2, 0.25) is 0 Å². The summed E-state index contributed by atoms with van der Waals surface area (Å²) in [6, 6.07) is 4.21. The molecule has 0 spiro atoms. The summed E-state index contributed by atoms with van der Waals surface area (Å²) in [6.45, 7) is 3.66. The van der Waals surface area contributed by atoms with E-state index >= 15 is 0 Å². The molecule has 1 aromatic rings. The van der Waals surface area contributed by atoms with Gasteiger partial charge in [-0.05, 0) is 32.0 Å². The van der Waals surface area contributed by atoms with Gasteiger partial charge in [0.05, 0.1) is 11.3 Å². The summed E-state index contributed by atoms with van der Waals surface area (Å²) in [7, 11) is 1.69. The molecule has 3 N–H and O–H groups in total. The Kier molecular flexibility index (Phi) is 4.74. The van der Waals surface area contributed by atoms with Gasteiger partial charge in [-0.2, -0.15) is 0 Å².